The molecule has 4 nitrogen and oxygen atoms in total. The number of ether oxygens (including phenoxy) is 2. The van der Waals surface area contributed by atoms with Crippen LogP contribution in [0.25, 0.3) is 0 Å². The molecule has 0 unspecified atom stereocenters. The van der Waals surface area contributed by atoms with E-state index in [1.165, 1.54) is 6.08 Å². The van der Waals surface area contributed by atoms with Crippen molar-refractivity contribution < 1.29 is 14.3 Å². The summed E-state index contributed by atoms with van der Waals surface area (Å²) in [5, 5.41) is 0. The van der Waals surface area contributed by atoms with Gasteiger partial charge in [-0.15, -0.1) is 0 Å². The summed E-state index contributed by atoms with van der Waals surface area (Å²) in [5.74, 6) is 0. The van der Waals surface area contributed by atoms with Crippen LogP contribution in [-0.4, -0.2) is 32.6 Å². The molecule has 4 heteroatoms. The first kappa shape index (κ1) is 11.0. The lowest BCUT2D eigenvalue weighted by molar-refractivity contribution is -0.0428. The Morgan fingerprint density at radius 2 is 2.33 bits per heavy atom. The van der Waals surface area contributed by atoms with Crippen LogP contribution in [0.1, 0.15) is 6.92 Å². The summed E-state index contributed by atoms with van der Waals surface area (Å²) in [7, 11) is 0. The smallest absolute Gasteiger partial charge is 0.235 e. The van der Waals surface area contributed by atoms with Gasteiger partial charge < -0.3 is 9.47 Å². The third-order valence-electron chi connectivity index (χ3n) is 0.927. The van der Waals surface area contributed by atoms with Crippen LogP contribution in [0.2, 0.25) is 0 Å². The molecule has 0 rings (SSSR count). The molecule has 0 aliphatic carbocycles. The zero-order valence-corrected chi connectivity index (χ0v) is 7.21. The molecule has 0 saturated carbocycles. The lowest BCUT2D eigenvalue weighted by atomic mass is 10.4. The van der Waals surface area contributed by atoms with Crippen LogP contribution in [0.15, 0.2) is 17.1 Å². The topological polar surface area (TPSA) is 47.9 Å². The fourth-order valence-electron chi connectivity index (χ4n) is 0.490. The highest BCUT2D eigenvalue weighted by Gasteiger charge is 1.87. The van der Waals surface area contributed by atoms with Crippen molar-refractivity contribution in [2.75, 3.05) is 26.6 Å². The maximum Gasteiger partial charge on any atom is 0.235 e. The normalized spacial score (nSPS) is 9.08. The number of carbonyl (C=O) groups excluding carboxylic acids is 1. The Balaban J connectivity index is 3.00. The van der Waals surface area contributed by atoms with Crippen molar-refractivity contribution >= 4 is 6.08 Å². The lowest BCUT2D eigenvalue weighted by Crippen LogP contribution is -2.04. The van der Waals surface area contributed by atoms with Gasteiger partial charge in [-0.05, 0) is 6.92 Å². The maximum absolute atomic E-state index is 9.59. The monoisotopic (exact) mass is 171 g/mol. The van der Waals surface area contributed by atoms with E-state index in [0.29, 0.717) is 19.8 Å². The molecular formula is C8H13NO3. The van der Waals surface area contributed by atoms with Crippen molar-refractivity contribution in [3.63, 3.8) is 0 Å². The van der Waals surface area contributed by atoms with E-state index in [1.807, 2.05) is 6.92 Å². The minimum atomic E-state index is 0.210. The molecule has 0 aliphatic rings. The van der Waals surface area contributed by atoms with Crippen LogP contribution < -0.4 is 0 Å². The second-order valence-corrected chi connectivity index (χ2v) is 2.30. The van der Waals surface area contributed by atoms with Gasteiger partial charge in [0.2, 0.25) is 6.08 Å². The fourth-order valence-corrected chi connectivity index (χ4v) is 0.490. The van der Waals surface area contributed by atoms with E-state index in [0.717, 1.165) is 5.57 Å². The van der Waals surface area contributed by atoms with Gasteiger partial charge in [0.1, 0.15) is 6.79 Å². The van der Waals surface area contributed by atoms with Crippen LogP contribution in [0.3, 0.4) is 0 Å². The van der Waals surface area contributed by atoms with E-state index >= 15 is 0 Å². The van der Waals surface area contributed by atoms with Crippen LogP contribution in [0, 0.1) is 0 Å². The van der Waals surface area contributed by atoms with Gasteiger partial charge in [0.05, 0.1) is 19.8 Å². The molecule has 0 aliphatic heterocycles. The fraction of sp³-hybridized carbons (Fsp3) is 0.625. The van der Waals surface area contributed by atoms with Gasteiger partial charge >= 0.3 is 0 Å². The van der Waals surface area contributed by atoms with E-state index in [9.17, 15) is 4.79 Å². The van der Waals surface area contributed by atoms with Gasteiger partial charge in [-0.3, -0.25) is 0 Å². The summed E-state index contributed by atoms with van der Waals surface area (Å²) < 4.78 is 9.96. The highest BCUT2D eigenvalue weighted by molar-refractivity contribution is 5.32. The largest absolute Gasteiger partial charge is 0.353 e. The summed E-state index contributed by atoms with van der Waals surface area (Å²) >= 11 is 0. The first-order valence-corrected chi connectivity index (χ1v) is 3.61. The highest BCUT2D eigenvalue weighted by Crippen LogP contribution is 1.88. The molecule has 0 N–H and O–H groups in total. The molecule has 0 radical (unpaired) electrons. The van der Waals surface area contributed by atoms with Gasteiger partial charge in [-0.2, -0.15) is 0 Å². The molecule has 0 atom stereocenters. The lowest BCUT2D eigenvalue weighted by Gasteiger charge is -2.02. The van der Waals surface area contributed by atoms with Gasteiger partial charge in [0, 0.05) is 0 Å². The van der Waals surface area contributed by atoms with E-state index < -0.39 is 0 Å². The van der Waals surface area contributed by atoms with Crippen LogP contribution >= 0.6 is 0 Å². The molecule has 0 fully saturated rings. The zero-order chi connectivity index (χ0) is 9.23. The number of rotatable bonds is 7. The maximum atomic E-state index is 9.59. The first-order valence-electron chi connectivity index (χ1n) is 3.61. The number of aliphatic imine (C=N–C) groups is 1. The molecule has 0 heterocycles. The third kappa shape index (κ3) is 9.04. The SMILES string of the molecule is C=C(C)COCOCCN=C=O. The summed E-state index contributed by atoms with van der Waals surface area (Å²) in [6, 6.07) is 0. The molecule has 0 aromatic carbocycles. The average Bonchev–Trinajstić information content (AvgIpc) is 2.02. The third-order valence-corrected chi connectivity index (χ3v) is 0.927. The molecule has 0 spiro atoms. The molecule has 0 amide bonds. The predicted octanol–water partition coefficient (Wildman–Crippen LogP) is 0.889. The van der Waals surface area contributed by atoms with Crippen molar-refractivity contribution in [3.05, 3.63) is 12.2 Å². The van der Waals surface area contributed by atoms with Gasteiger partial charge in [0.25, 0.3) is 0 Å². The molecule has 0 aromatic heterocycles. The van der Waals surface area contributed by atoms with Crippen molar-refractivity contribution in [1.82, 2.24) is 0 Å². The summed E-state index contributed by atoms with van der Waals surface area (Å²) in [4.78, 5) is 12.9. The van der Waals surface area contributed by atoms with Gasteiger partial charge in [0.15, 0.2) is 0 Å². The molecule has 0 bridgehead atoms. The minimum Gasteiger partial charge on any atom is -0.353 e. The number of nitrogens with zero attached hydrogens (tertiary/aromatic N) is 1. The van der Waals surface area contributed by atoms with Crippen molar-refractivity contribution in [2.45, 2.75) is 6.92 Å². The van der Waals surface area contributed by atoms with E-state index in [1.54, 1.807) is 0 Å². The standard InChI is InChI=1S/C8H13NO3/c1-8(2)5-12-7-11-4-3-9-6-10/h1,3-5,7H2,2H3. The Morgan fingerprint density at radius 3 is 2.92 bits per heavy atom. The Morgan fingerprint density at radius 1 is 1.58 bits per heavy atom. The van der Waals surface area contributed by atoms with E-state index in [4.69, 9.17) is 9.47 Å². The van der Waals surface area contributed by atoms with E-state index in [-0.39, 0.29) is 6.79 Å². The van der Waals surface area contributed by atoms with Crippen molar-refractivity contribution in [2.24, 2.45) is 4.99 Å². The number of hydrogen-bond donors (Lipinski definition) is 0. The minimum absolute atomic E-state index is 0.210. The molecule has 0 aromatic rings. The predicted molar refractivity (Wildman–Crippen MR) is 44.6 cm³/mol. The van der Waals surface area contributed by atoms with Crippen molar-refractivity contribution in [1.29, 1.82) is 0 Å². The Bertz CT molecular complexity index is 167. The zero-order valence-electron chi connectivity index (χ0n) is 7.21. The second kappa shape index (κ2) is 8.14. The second-order valence-electron chi connectivity index (χ2n) is 2.30. The summed E-state index contributed by atoms with van der Waals surface area (Å²) in [5.41, 5.74) is 0.949. The molecular weight excluding hydrogens is 158 g/mol. The van der Waals surface area contributed by atoms with Crippen LogP contribution in [0.5, 0.6) is 0 Å². The summed E-state index contributed by atoms with van der Waals surface area (Å²) in [6.45, 7) is 6.94. The summed E-state index contributed by atoms with van der Waals surface area (Å²) in [6.07, 6.45) is 1.42. The van der Waals surface area contributed by atoms with E-state index in [2.05, 4.69) is 11.6 Å². The quantitative estimate of drug-likeness (QED) is 0.188. The van der Waals surface area contributed by atoms with Crippen LogP contribution in [-0.2, 0) is 14.3 Å². The number of isocyanates is 1. The average molecular weight is 171 g/mol. The van der Waals surface area contributed by atoms with Gasteiger partial charge in [-0.1, -0.05) is 12.2 Å². The molecule has 0 saturated heterocycles. The highest BCUT2D eigenvalue weighted by atomic mass is 16.7. The molecule has 68 valence electrons. The van der Waals surface area contributed by atoms with Crippen molar-refractivity contribution in [3.8, 4) is 0 Å². The Kier molecular flexibility index (Phi) is 7.49. The van der Waals surface area contributed by atoms with Crippen LogP contribution in [0.4, 0.5) is 0 Å². The van der Waals surface area contributed by atoms with Gasteiger partial charge in [-0.25, -0.2) is 9.79 Å². The Labute approximate surface area is 71.9 Å². The molecule has 12 heavy (non-hydrogen) atoms. The number of hydrogen-bond acceptors (Lipinski definition) is 4. The first-order chi connectivity index (χ1) is 5.77. The Hall–Kier alpha value is -0.960.